The fraction of sp³-hybridized carbons (Fsp3) is 0.913. The van der Waals surface area contributed by atoms with Crippen molar-refractivity contribution in [2.45, 2.75) is 156 Å². The molecule has 0 aliphatic heterocycles. The third-order valence-electron chi connectivity index (χ3n) is 13.6. The van der Waals surface area contributed by atoms with Crippen LogP contribution in [0.15, 0.2) is 0 Å². The highest BCUT2D eigenvalue weighted by molar-refractivity contribution is 8.13. The number of carbonyl (C=O) groups excluding carboxylic acids is 6. The van der Waals surface area contributed by atoms with Crippen LogP contribution in [-0.4, -0.2) is 279 Å². The highest BCUT2D eigenvalue weighted by Crippen LogP contribution is 2.22. The van der Waals surface area contributed by atoms with Gasteiger partial charge in [0.15, 0.2) is 5.12 Å². The van der Waals surface area contributed by atoms with Gasteiger partial charge in [0.2, 0.25) is 0 Å². The number of carbonyl (C=O) groups is 6. The summed E-state index contributed by atoms with van der Waals surface area (Å²) in [7, 11) is 0. The van der Waals surface area contributed by atoms with Crippen LogP contribution in [0.5, 0.6) is 0 Å². The van der Waals surface area contributed by atoms with Crippen molar-refractivity contribution in [1.82, 2.24) is 0 Å². The molecule has 95 heavy (non-hydrogen) atoms. The Balaban J connectivity index is 5.25. The molecular weight excluding hydrogens is 1310 g/mol. The summed E-state index contributed by atoms with van der Waals surface area (Å²) in [6.45, 7) is 21.0. The first kappa shape index (κ1) is 93.6. The number of thioether (sulfide) groups is 4. The van der Waals surface area contributed by atoms with Gasteiger partial charge in [0.25, 0.3) is 0 Å². The molecule has 0 amide bonds. The van der Waals surface area contributed by atoms with Crippen molar-refractivity contribution < 1.29 is 105 Å². The van der Waals surface area contributed by atoms with Crippen LogP contribution < -0.4 is 0 Å². The Hall–Kier alpha value is -1.38. The summed E-state index contributed by atoms with van der Waals surface area (Å²) < 4.78 is 92.3. The standard InChI is InChI=1S/C69H128O22S4/c1-5-76-33-16-55-92-52-13-23-63(70)19-9-29-79-36-40-83-44-48-87-59-69(60-88-49-45-84-41-37-80-30-10-20-64(71)24-14-53-93-56-17-34-77-6-2,61-89-50-46-85-42-38-81-31-11-21-65(72)25-15-54-94-57-18-35-78-7-3)62-90-51-47-86-43-39-82-32-12-22-66(73)26-27-68(75)95-58-28-67(74)91-8-4/h5-62H2,1-4H3. The lowest BCUT2D eigenvalue weighted by Crippen LogP contribution is -2.43. The molecule has 0 rings (SSSR count). The molecule has 0 fully saturated rings. The van der Waals surface area contributed by atoms with Crippen LogP contribution in [0.1, 0.15) is 156 Å². The van der Waals surface area contributed by atoms with Crippen molar-refractivity contribution in [1.29, 1.82) is 0 Å². The summed E-state index contributed by atoms with van der Waals surface area (Å²) in [4.78, 5) is 73.0. The van der Waals surface area contributed by atoms with Gasteiger partial charge in [-0.3, -0.25) is 28.8 Å². The van der Waals surface area contributed by atoms with Gasteiger partial charge in [-0.25, -0.2) is 0 Å². The van der Waals surface area contributed by atoms with Crippen molar-refractivity contribution in [2.75, 3.05) is 245 Å². The number of ketones is 4. The molecule has 0 aliphatic carbocycles. The maximum absolute atomic E-state index is 12.4. The third-order valence-corrected chi connectivity index (χ3v) is 18.0. The molecule has 0 aromatic carbocycles. The third kappa shape index (κ3) is 72.2. The van der Waals surface area contributed by atoms with Crippen LogP contribution in [0.25, 0.3) is 0 Å². The van der Waals surface area contributed by atoms with Gasteiger partial charge in [-0.15, -0.1) is 0 Å². The number of esters is 1. The van der Waals surface area contributed by atoms with E-state index in [1.54, 1.807) is 6.92 Å². The topological polar surface area (TPSA) is 250 Å². The van der Waals surface area contributed by atoms with Crippen molar-refractivity contribution in [3.05, 3.63) is 0 Å². The minimum atomic E-state index is -0.744. The second kappa shape index (κ2) is 76.8. The summed E-state index contributed by atoms with van der Waals surface area (Å²) in [5.41, 5.74) is -0.744. The Morgan fingerprint density at radius 2 is 0.495 bits per heavy atom. The predicted molar refractivity (Wildman–Crippen MR) is 380 cm³/mol. The molecule has 560 valence electrons. The number of ether oxygens (including phenoxy) is 16. The largest absolute Gasteiger partial charge is 0.466 e. The average Bonchev–Trinajstić information content (AvgIpc) is 1.20. The lowest BCUT2D eigenvalue weighted by molar-refractivity contribution is -0.142. The van der Waals surface area contributed by atoms with Gasteiger partial charge in [-0.2, -0.15) is 35.3 Å². The van der Waals surface area contributed by atoms with Crippen LogP contribution in [0, 0.1) is 5.41 Å². The van der Waals surface area contributed by atoms with Crippen molar-refractivity contribution in [3.63, 3.8) is 0 Å². The number of hydrogen-bond acceptors (Lipinski definition) is 26. The lowest BCUT2D eigenvalue weighted by Gasteiger charge is -2.33. The summed E-state index contributed by atoms with van der Waals surface area (Å²) in [5, 5.41) is -0.115. The Morgan fingerprint density at radius 3 is 0.789 bits per heavy atom. The van der Waals surface area contributed by atoms with Crippen molar-refractivity contribution in [3.8, 4) is 0 Å². The molecule has 0 aliphatic rings. The van der Waals surface area contributed by atoms with Gasteiger partial charge in [0.05, 0.1) is 151 Å². The summed E-state index contributed by atoms with van der Waals surface area (Å²) >= 11 is 6.67. The first-order valence-corrected chi connectivity index (χ1v) is 39.8. The van der Waals surface area contributed by atoms with Crippen LogP contribution in [0.3, 0.4) is 0 Å². The van der Waals surface area contributed by atoms with Gasteiger partial charge in [0, 0.05) is 130 Å². The monoisotopic (exact) mass is 1440 g/mol. The molecule has 0 bridgehead atoms. The molecular formula is C69H128O22S4. The molecule has 0 unspecified atom stereocenters. The lowest BCUT2D eigenvalue weighted by atomic mass is 9.92. The fourth-order valence-corrected chi connectivity index (χ4v) is 12.0. The summed E-state index contributed by atoms with van der Waals surface area (Å²) in [6.07, 6.45) is 12.5. The Morgan fingerprint density at radius 1 is 0.242 bits per heavy atom. The van der Waals surface area contributed by atoms with Gasteiger partial charge in [-0.05, 0) is 126 Å². The number of Topliss-reactive ketones (excluding diaryl/α,β-unsaturated/α-hetero) is 4. The first-order chi connectivity index (χ1) is 46.6. The molecule has 0 heterocycles. The van der Waals surface area contributed by atoms with Crippen LogP contribution >= 0.6 is 47.0 Å². The fourth-order valence-electron chi connectivity index (χ4n) is 8.59. The maximum atomic E-state index is 12.4. The van der Waals surface area contributed by atoms with Gasteiger partial charge in [0.1, 0.15) is 23.1 Å². The zero-order chi connectivity index (χ0) is 69.1. The predicted octanol–water partition coefficient (Wildman–Crippen LogP) is 10.4. The number of hydrogen-bond donors (Lipinski definition) is 0. The smallest absolute Gasteiger partial charge is 0.306 e. The van der Waals surface area contributed by atoms with Crippen molar-refractivity contribution >= 4 is 81.3 Å². The Kier molecular flexibility index (Phi) is 75.7. The molecule has 0 spiro atoms. The maximum Gasteiger partial charge on any atom is 0.306 e. The van der Waals surface area contributed by atoms with E-state index in [2.05, 4.69) is 0 Å². The second-order valence-corrected chi connectivity index (χ2v) is 27.1. The molecule has 0 saturated carbocycles. The normalized spacial score (nSPS) is 11.7. The highest BCUT2D eigenvalue weighted by atomic mass is 32.2. The molecule has 0 saturated heterocycles. The summed E-state index contributed by atoms with van der Waals surface area (Å²) in [6, 6.07) is 0. The molecule has 0 radical (unpaired) electrons. The summed E-state index contributed by atoms with van der Waals surface area (Å²) in [5.74, 6) is 6.94. The number of rotatable bonds is 82. The Labute approximate surface area is 589 Å². The molecule has 26 heteroatoms. The van der Waals surface area contributed by atoms with Crippen LogP contribution in [-0.2, 0) is 105 Å². The molecule has 0 aromatic rings. The molecule has 22 nitrogen and oxygen atoms in total. The van der Waals surface area contributed by atoms with E-state index < -0.39 is 5.41 Å². The molecule has 0 N–H and O–H groups in total. The minimum Gasteiger partial charge on any atom is -0.466 e. The van der Waals surface area contributed by atoms with E-state index in [1.807, 2.05) is 56.1 Å². The van der Waals surface area contributed by atoms with Crippen molar-refractivity contribution in [2.24, 2.45) is 5.41 Å². The van der Waals surface area contributed by atoms with E-state index in [-0.39, 0.29) is 86.5 Å². The quantitative estimate of drug-likeness (QED) is 0.0405. The Bertz CT molecular complexity index is 1600. The van der Waals surface area contributed by atoms with E-state index in [4.69, 9.17) is 75.8 Å². The average molecular weight is 1440 g/mol. The van der Waals surface area contributed by atoms with Gasteiger partial charge >= 0.3 is 5.97 Å². The van der Waals surface area contributed by atoms with E-state index >= 15 is 0 Å². The van der Waals surface area contributed by atoms with E-state index in [9.17, 15) is 28.8 Å². The van der Waals surface area contributed by atoms with E-state index in [0.29, 0.717) is 209 Å². The first-order valence-electron chi connectivity index (χ1n) is 35.4. The second-order valence-electron chi connectivity index (χ2n) is 22.3. The minimum absolute atomic E-state index is 0.00741. The highest BCUT2D eigenvalue weighted by Gasteiger charge is 2.33. The van der Waals surface area contributed by atoms with Gasteiger partial charge < -0.3 is 75.8 Å². The van der Waals surface area contributed by atoms with Crippen LogP contribution in [0.4, 0.5) is 0 Å². The molecule has 0 atom stereocenters. The van der Waals surface area contributed by atoms with E-state index in [0.717, 1.165) is 124 Å². The zero-order valence-corrected chi connectivity index (χ0v) is 62.4. The van der Waals surface area contributed by atoms with E-state index in [1.165, 1.54) is 0 Å². The zero-order valence-electron chi connectivity index (χ0n) is 59.1. The van der Waals surface area contributed by atoms with Crippen LogP contribution in [0.2, 0.25) is 0 Å². The molecule has 0 aromatic heterocycles. The van der Waals surface area contributed by atoms with Gasteiger partial charge in [-0.1, -0.05) is 11.8 Å². The SMILES string of the molecule is CCOCCCSCCCC(=O)CCCOCCOCCOCC(COCCOCCOCCCC(=O)CCCSCCCOCC)(COCCOCCOCCCC(=O)CCCSCCCOCC)COCCOCCOCCCC(=O)CCC(=O)SCCC(=O)OCC.